The van der Waals surface area contributed by atoms with E-state index in [2.05, 4.69) is 16.0 Å². The first kappa shape index (κ1) is 23.3. The molecule has 3 aromatic rings. The lowest BCUT2D eigenvalue weighted by atomic mass is 10.1. The van der Waals surface area contributed by atoms with Gasteiger partial charge in [-0.25, -0.2) is 9.59 Å². The predicted molar refractivity (Wildman–Crippen MR) is 119 cm³/mol. The first-order valence-electron chi connectivity index (χ1n) is 10.1. The fraction of sp³-hybridized carbons (Fsp3) is 0.167. The molecular formula is C24H23N3O6. The maximum atomic E-state index is 12.7. The van der Waals surface area contributed by atoms with Crippen LogP contribution in [0.2, 0.25) is 0 Å². The summed E-state index contributed by atoms with van der Waals surface area (Å²) in [6.07, 6.45) is 1.33. The van der Waals surface area contributed by atoms with E-state index in [1.54, 1.807) is 42.5 Å². The van der Waals surface area contributed by atoms with E-state index >= 15 is 0 Å². The van der Waals surface area contributed by atoms with Gasteiger partial charge in [-0.2, -0.15) is 0 Å². The third-order valence-electron chi connectivity index (χ3n) is 4.75. The molecule has 1 aromatic heterocycles. The number of carbonyl (C=O) groups is 4. The third-order valence-corrected chi connectivity index (χ3v) is 4.75. The number of imide groups is 1. The van der Waals surface area contributed by atoms with Crippen molar-refractivity contribution in [2.75, 3.05) is 11.9 Å². The molecule has 1 heterocycles. The fourth-order valence-corrected chi connectivity index (χ4v) is 2.90. The highest BCUT2D eigenvalue weighted by Gasteiger charge is 2.26. The molecule has 0 aliphatic carbocycles. The van der Waals surface area contributed by atoms with E-state index in [-0.39, 0.29) is 5.76 Å². The minimum atomic E-state index is -1.18. The van der Waals surface area contributed by atoms with E-state index < -0.39 is 36.5 Å². The highest BCUT2D eigenvalue weighted by atomic mass is 16.5. The van der Waals surface area contributed by atoms with Crippen LogP contribution in [0.3, 0.4) is 0 Å². The molecule has 1 unspecified atom stereocenters. The zero-order valence-electron chi connectivity index (χ0n) is 18.1. The minimum absolute atomic E-state index is 0.0180. The van der Waals surface area contributed by atoms with Crippen molar-refractivity contribution >= 4 is 29.5 Å². The quantitative estimate of drug-likeness (QED) is 0.475. The van der Waals surface area contributed by atoms with Crippen LogP contribution in [0.1, 0.15) is 33.3 Å². The number of benzene rings is 2. The van der Waals surface area contributed by atoms with E-state index in [4.69, 9.17) is 9.15 Å². The summed E-state index contributed by atoms with van der Waals surface area (Å²) in [7, 11) is 0. The molecule has 0 aliphatic rings. The summed E-state index contributed by atoms with van der Waals surface area (Å²) in [4.78, 5) is 49.1. The Labute approximate surface area is 190 Å². The maximum Gasteiger partial charge on any atom is 0.333 e. The van der Waals surface area contributed by atoms with Gasteiger partial charge in [0.15, 0.2) is 18.4 Å². The number of carbonyl (C=O) groups excluding carboxylic acids is 4. The first-order valence-corrected chi connectivity index (χ1v) is 10.1. The summed E-state index contributed by atoms with van der Waals surface area (Å²) in [6, 6.07) is 14.8. The van der Waals surface area contributed by atoms with Crippen molar-refractivity contribution in [2.24, 2.45) is 0 Å². The zero-order valence-corrected chi connectivity index (χ0v) is 18.1. The van der Waals surface area contributed by atoms with Gasteiger partial charge in [0.2, 0.25) is 0 Å². The van der Waals surface area contributed by atoms with Crippen LogP contribution < -0.4 is 16.0 Å². The molecule has 3 rings (SSSR count). The number of nitrogens with one attached hydrogen (secondary N) is 3. The van der Waals surface area contributed by atoms with E-state index in [1.807, 2.05) is 19.9 Å². The lowest BCUT2D eigenvalue weighted by Crippen LogP contribution is -2.39. The number of hydrogen-bond acceptors (Lipinski definition) is 6. The van der Waals surface area contributed by atoms with E-state index in [1.165, 1.54) is 18.4 Å². The van der Waals surface area contributed by atoms with Crippen LogP contribution in [0, 0.1) is 13.8 Å². The summed E-state index contributed by atoms with van der Waals surface area (Å²) in [5.74, 6) is -2.30. The molecule has 0 saturated carbocycles. The van der Waals surface area contributed by atoms with Gasteiger partial charge in [0.1, 0.15) is 0 Å². The van der Waals surface area contributed by atoms with Crippen molar-refractivity contribution in [3.05, 3.63) is 89.4 Å². The van der Waals surface area contributed by atoms with E-state index in [0.717, 1.165) is 11.1 Å². The van der Waals surface area contributed by atoms with Gasteiger partial charge in [-0.1, -0.05) is 36.4 Å². The van der Waals surface area contributed by atoms with Crippen molar-refractivity contribution in [1.82, 2.24) is 10.6 Å². The van der Waals surface area contributed by atoms with Gasteiger partial charge in [-0.05, 0) is 54.8 Å². The summed E-state index contributed by atoms with van der Waals surface area (Å²) in [6.45, 7) is 3.13. The molecule has 33 heavy (non-hydrogen) atoms. The molecule has 170 valence electrons. The van der Waals surface area contributed by atoms with Gasteiger partial charge in [-0.3, -0.25) is 14.9 Å². The number of ether oxygens (including phenoxy) is 1. The Hall–Kier alpha value is -4.40. The third kappa shape index (κ3) is 6.54. The minimum Gasteiger partial charge on any atom is -0.459 e. The lowest BCUT2D eigenvalue weighted by molar-refractivity contribution is -0.150. The zero-order chi connectivity index (χ0) is 23.8. The highest BCUT2D eigenvalue weighted by molar-refractivity contribution is 6.02. The van der Waals surface area contributed by atoms with Gasteiger partial charge >= 0.3 is 12.0 Å². The summed E-state index contributed by atoms with van der Waals surface area (Å²) in [5, 5.41) is 7.16. The topological polar surface area (TPSA) is 127 Å². The Balaban J connectivity index is 1.57. The molecule has 0 aliphatic heterocycles. The number of furan rings is 1. The van der Waals surface area contributed by atoms with Crippen LogP contribution in [-0.2, 0) is 14.3 Å². The van der Waals surface area contributed by atoms with Crippen LogP contribution >= 0.6 is 0 Å². The normalized spacial score (nSPS) is 11.2. The van der Waals surface area contributed by atoms with Crippen molar-refractivity contribution in [2.45, 2.75) is 19.9 Å². The second kappa shape index (κ2) is 10.8. The Morgan fingerprint density at radius 2 is 1.70 bits per heavy atom. The molecule has 9 heteroatoms. The Morgan fingerprint density at radius 1 is 0.939 bits per heavy atom. The largest absolute Gasteiger partial charge is 0.459 e. The van der Waals surface area contributed by atoms with Crippen molar-refractivity contribution < 1.29 is 28.3 Å². The van der Waals surface area contributed by atoms with Gasteiger partial charge in [0, 0.05) is 5.69 Å². The van der Waals surface area contributed by atoms with Crippen LogP contribution in [0.5, 0.6) is 0 Å². The van der Waals surface area contributed by atoms with Crippen LogP contribution in [0.15, 0.2) is 71.3 Å². The van der Waals surface area contributed by atoms with Crippen molar-refractivity contribution in [3.8, 4) is 0 Å². The SMILES string of the molecule is Cc1ccc(NC(=O)NC(=O)COC(=O)C(NC(=O)c2ccco2)c2ccccc2)cc1C. The molecule has 4 amide bonds. The molecule has 0 saturated heterocycles. The molecule has 0 radical (unpaired) electrons. The van der Waals surface area contributed by atoms with Gasteiger partial charge < -0.3 is 19.8 Å². The highest BCUT2D eigenvalue weighted by Crippen LogP contribution is 2.16. The van der Waals surface area contributed by atoms with E-state index in [0.29, 0.717) is 11.3 Å². The molecule has 3 N–H and O–H groups in total. The number of amides is 4. The fourth-order valence-electron chi connectivity index (χ4n) is 2.90. The number of rotatable bonds is 7. The maximum absolute atomic E-state index is 12.7. The standard InChI is InChI=1S/C24H23N3O6/c1-15-10-11-18(13-16(15)2)25-24(31)26-20(28)14-33-23(30)21(17-7-4-3-5-8-17)27-22(29)19-9-6-12-32-19/h3-13,21H,14H2,1-2H3,(H,27,29)(H2,25,26,28,31). The van der Waals surface area contributed by atoms with Gasteiger partial charge in [0.05, 0.1) is 6.26 Å². The molecule has 0 bridgehead atoms. The van der Waals surface area contributed by atoms with Crippen LogP contribution in [0.4, 0.5) is 10.5 Å². The Morgan fingerprint density at radius 3 is 2.36 bits per heavy atom. The number of urea groups is 1. The molecule has 0 spiro atoms. The second-order valence-corrected chi connectivity index (χ2v) is 7.20. The number of anilines is 1. The average molecular weight is 449 g/mol. The van der Waals surface area contributed by atoms with Gasteiger partial charge in [0.25, 0.3) is 11.8 Å². The molecule has 9 nitrogen and oxygen atoms in total. The van der Waals surface area contributed by atoms with Crippen molar-refractivity contribution in [3.63, 3.8) is 0 Å². The first-order chi connectivity index (χ1) is 15.8. The molecule has 1 atom stereocenters. The summed E-state index contributed by atoms with van der Waals surface area (Å²) in [5.41, 5.74) is 3.02. The van der Waals surface area contributed by atoms with Crippen LogP contribution in [-0.4, -0.2) is 30.4 Å². The molecular weight excluding hydrogens is 426 g/mol. The second-order valence-electron chi connectivity index (χ2n) is 7.20. The summed E-state index contributed by atoms with van der Waals surface area (Å²) >= 11 is 0. The lowest BCUT2D eigenvalue weighted by Gasteiger charge is -2.17. The monoisotopic (exact) mass is 449 g/mol. The van der Waals surface area contributed by atoms with Crippen molar-refractivity contribution in [1.29, 1.82) is 0 Å². The Kier molecular flexibility index (Phi) is 7.59. The smallest absolute Gasteiger partial charge is 0.333 e. The van der Waals surface area contributed by atoms with E-state index in [9.17, 15) is 19.2 Å². The number of esters is 1. The molecule has 0 fully saturated rings. The van der Waals surface area contributed by atoms with Crippen LogP contribution in [0.25, 0.3) is 0 Å². The predicted octanol–water partition coefficient (Wildman–Crippen LogP) is 3.26. The molecule has 2 aromatic carbocycles. The number of aryl methyl sites for hydroxylation is 2. The Bertz CT molecular complexity index is 1140. The average Bonchev–Trinajstić information content (AvgIpc) is 3.34. The van der Waals surface area contributed by atoms with Gasteiger partial charge in [-0.15, -0.1) is 0 Å². The summed E-state index contributed by atoms with van der Waals surface area (Å²) < 4.78 is 10.1. The number of hydrogen-bond donors (Lipinski definition) is 3.